The van der Waals surface area contributed by atoms with E-state index in [0.29, 0.717) is 17.4 Å². The van der Waals surface area contributed by atoms with Crippen molar-refractivity contribution in [1.82, 2.24) is 0 Å². The van der Waals surface area contributed by atoms with Gasteiger partial charge in [-0.15, -0.1) is 0 Å². The van der Waals surface area contributed by atoms with Crippen LogP contribution >= 0.6 is 0 Å². The van der Waals surface area contributed by atoms with Crippen LogP contribution in [0.2, 0.25) is 0 Å². The quantitative estimate of drug-likeness (QED) is 0.485. The Bertz CT molecular complexity index is 107. The molecule has 1 nitrogen and oxygen atoms in total. The molecule has 54 valence electrons. The summed E-state index contributed by atoms with van der Waals surface area (Å²) in [5.41, 5.74) is 0.402. The fourth-order valence-corrected chi connectivity index (χ4v) is 1.26. The van der Waals surface area contributed by atoms with E-state index >= 15 is 0 Å². The van der Waals surface area contributed by atoms with Gasteiger partial charge in [0.2, 0.25) is 0 Å². The number of ether oxygens (including phenoxy) is 1. The maximum Gasteiger partial charge on any atom is 0.0578 e. The molecule has 2 atom stereocenters. The SMILES string of the molecule is CC1OCC(C)(C)C1C. The Labute approximate surface area is 57.4 Å². The van der Waals surface area contributed by atoms with Gasteiger partial charge in [-0.2, -0.15) is 0 Å². The van der Waals surface area contributed by atoms with Crippen molar-refractivity contribution in [3.8, 4) is 0 Å². The van der Waals surface area contributed by atoms with E-state index in [-0.39, 0.29) is 0 Å². The molecule has 0 amide bonds. The second-order valence-electron chi connectivity index (χ2n) is 3.79. The third kappa shape index (κ3) is 1.11. The van der Waals surface area contributed by atoms with Gasteiger partial charge in [-0.3, -0.25) is 0 Å². The van der Waals surface area contributed by atoms with Crippen LogP contribution in [-0.4, -0.2) is 12.7 Å². The molecule has 0 bridgehead atoms. The van der Waals surface area contributed by atoms with Gasteiger partial charge in [-0.1, -0.05) is 20.8 Å². The molecule has 1 fully saturated rings. The van der Waals surface area contributed by atoms with Gasteiger partial charge in [0.05, 0.1) is 12.7 Å². The molecule has 0 aliphatic carbocycles. The van der Waals surface area contributed by atoms with Crippen molar-refractivity contribution in [2.24, 2.45) is 11.3 Å². The molecule has 1 heterocycles. The van der Waals surface area contributed by atoms with E-state index < -0.39 is 0 Å². The number of hydrogen-bond donors (Lipinski definition) is 0. The highest BCUT2D eigenvalue weighted by atomic mass is 16.5. The third-order valence-electron chi connectivity index (χ3n) is 2.66. The van der Waals surface area contributed by atoms with Gasteiger partial charge in [0.25, 0.3) is 0 Å². The molecule has 0 spiro atoms. The summed E-state index contributed by atoms with van der Waals surface area (Å²) in [7, 11) is 0. The van der Waals surface area contributed by atoms with Crippen LogP contribution in [-0.2, 0) is 4.74 Å². The minimum absolute atomic E-state index is 0.402. The second-order valence-corrected chi connectivity index (χ2v) is 3.79. The Balaban J connectivity index is 2.62. The van der Waals surface area contributed by atoms with Crippen LogP contribution in [0.3, 0.4) is 0 Å². The lowest BCUT2D eigenvalue weighted by molar-refractivity contribution is 0.105. The largest absolute Gasteiger partial charge is 0.378 e. The molecule has 0 aromatic heterocycles. The minimum Gasteiger partial charge on any atom is -0.378 e. The average Bonchev–Trinajstić information content (AvgIpc) is 1.97. The van der Waals surface area contributed by atoms with Gasteiger partial charge in [-0.25, -0.2) is 0 Å². The van der Waals surface area contributed by atoms with Crippen LogP contribution in [0.5, 0.6) is 0 Å². The molecular weight excluding hydrogens is 112 g/mol. The van der Waals surface area contributed by atoms with Crippen molar-refractivity contribution < 1.29 is 4.74 Å². The van der Waals surface area contributed by atoms with Crippen molar-refractivity contribution in [2.75, 3.05) is 6.61 Å². The first-order valence-corrected chi connectivity index (χ1v) is 3.65. The van der Waals surface area contributed by atoms with Crippen molar-refractivity contribution in [1.29, 1.82) is 0 Å². The number of hydrogen-bond acceptors (Lipinski definition) is 1. The summed E-state index contributed by atoms with van der Waals surface area (Å²) in [6.07, 6.45) is 0.458. The van der Waals surface area contributed by atoms with Crippen LogP contribution < -0.4 is 0 Å². The van der Waals surface area contributed by atoms with E-state index in [4.69, 9.17) is 4.74 Å². The van der Waals surface area contributed by atoms with Crippen molar-refractivity contribution in [3.05, 3.63) is 0 Å². The first-order valence-electron chi connectivity index (χ1n) is 3.65. The molecular formula is C8H16O. The lowest BCUT2D eigenvalue weighted by Gasteiger charge is -2.21. The summed E-state index contributed by atoms with van der Waals surface area (Å²) in [5.74, 6) is 0.706. The summed E-state index contributed by atoms with van der Waals surface area (Å²) >= 11 is 0. The molecule has 0 radical (unpaired) electrons. The second kappa shape index (κ2) is 1.98. The topological polar surface area (TPSA) is 9.23 Å². The highest BCUT2D eigenvalue weighted by Crippen LogP contribution is 2.36. The van der Waals surface area contributed by atoms with E-state index in [2.05, 4.69) is 27.7 Å². The van der Waals surface area contributed by atoms with Crippen molar-refractivity contribution >= 4 is 0 Å². The summed E-state index contributed by atoms with van der Waals surface area (Å²) in [6.45, 7) is 9.87. The third-order valence-corrected chi connectivity index (χ3v) is 2.66. The zero-order valence-corrected chi connectivity index (χ0v) is 6.77. The van der Waals surface area contributed by atoms with Crippen LogP contribution in [0.4, 0.5) is 0 Å². The van der Waals surface area contributed by atoms with Gasteiger partial charge in [0.1, 0.15) is 0 Å². The van der Waals surface area contributed by atoms with E-state index in [9.17, 15) is 0 Å². The Morgan fingerprint density at radius 3 is 2.00 bits per heavy atom. The Morgan fingerprint density at radius 2 is 1.89 bits per heavy atom. The predicted octanol–water partition coefficient (Wildman–Crippen LogP) is 2.07. The minimum atomic E-state index is 0.402. The van der Waals surface area contributed by atoms with Gasteiger partial charge in [-0.05, 0) is 18.3 Å². The molecule has 9 heavy (non-hydrogen) atoms. The smallest absolute Gasteiger partial charge is 0.0578 e. The van der Waals surface area contributed by atoms with E-state index in [0.717, 1.165) is 6.61 Å². The Hall–Kier alpha value is -0.0400. The molecule has 1 aliphatic rings. The summed E-state index contributed by atoms with van der Waals surface area (Å²) in [4.78, 5) is 0. The Kier molecular flexibility index (Phi) is 1.55. The lowest BCUT2D eigenvalue weighted by Crippen LogP contribution is -2.21. The summed E-state index contributed by atoms with van der Waals surface area (Å²) < 4.78 is 5.48. The Morgan fingerprint density at radius 1 is 1.33 bits per heavy atom. The van der Waals surface area contributed by atoms with Gasteiger partial charge >= 0.3 is 0 Å². The van der Waals surface area contributed by atoms with Gasteiger partial charge in [0, 0.05) is 0 Å². The van der Waals surface area contributed by atoms with Crippen LogP contribution in [0.1, 0.15) is 27.7 Å². The monoisotopic (exact) mass is 128 g/mol. The van der Waals surface area contributed by atoms with Crippen LogP contribution in [0, 0.1) is 11.3 Å². The predicted molar refractivity (Wildman–Crippen MR) is 38.4 cm³/mol. The van der Waals surface area contributed by atoms with Gasteiger partial charge in [0.15, 0.2) is 0 Å². The normalized spacial score (nSPS) is 41.3. The first kappa shape index (κ1) is 7.07. The van der Waals surface area contributed by atoms with Crippen LogP contribution in [0.15, 0.2) is 0 Å². The summed E-state index contributed by atoms with van der Waals surface area (Å²) in [5, 5.41) is 0. The standard InChI is InChI=1S/C8H16O/c1-6-7(2)9-5-8(6,3)4/h6-7H,5H2,1-4H3. The maximum atomic E-state index is 5.48. The van der Waals surface area contributed by atoms with Crippen LogP contribution in [0.25, 0.3) is 0 Å². The van der Waals surface area contributed by atoms with E-state index in [1.807, 2.05) is 0 Å². The van der Waals surface area contributed by atoms with E-state index in [1.165, 1.54) is 0 Å². The molecule has 0 aromatic carbocycles. The van der Waals surface area contributed by atoms with E-state index in [1.54, 1.807) is 0 Å². The first-order chi connectivity index (χ1) is 4.04. The fraction of sp³-hybridized carbons (Fsp3) is 1.00. The van der Waals surface area contributed by atoms with Crippen molar-refractivity contribution in [2.45, 2.75) is 33.8 Å². The zero-order chi connectivity index (χ0) is 7.07. The maximum absolute atomic E-state index is 5.48. The van der Waals surface area contributed by atoms with Crippen molar-refractivity contribution in [3.63, 3.8) is 0 Å². The molecule has 2 unspecified atom stereocenters. The summed E-state index contributed by atoms with van der Waals surface area (Å²) in [6, 6.07) is 0. The molecule has 1 rings (SSSR count). The molecule has 0 saturated carbocycles. The highest BCUT2D eigenvalue weighted by Gasteiger charge is 2.37. The average molecular weight is 128 g/mol. The molecule has 1 saturated heterocycles. The zero-order valence-electron chi connectivity index (χ0n) is 6.77. The highest BCUT2D eigenvalue weighted by molar-refractivity contribution is 4.84. The molecule has 0 N–H and O–H groups in total. The number of rotatable bonds is 0. The molecule has 1 aliphatic heterocycles. The van der Waals surface area contributed by atoms with Gasteiger partial charge < -0.3 is 4.74 Å². The molecule has 1 heteroatoms. The lowest BCUT2D eigenvalue weighted by atomic mass is 9.81. The fourth-order valence-electron chi connectivity index (χ4n) is 1.26. The molecule has 0 aromatic rings.